The van der Waals surface area contributed by atoms with Gasteiger partial charge in [0.15, 0.2) is 5.72 Å². The molecule has 8 heteroatoms. The Morgan fingerprint density at radius 3 is 1.85 bits per heavy atom. The Morgan fingerprint density at radius 1 is 0.909 bits per heavy atom. The lowest BCUT2D eigenvalue weighted by molar-refractivity contribution is -0.105. The van der Waals surface area contributed by atoms with Gasteiger partial charge in [0, 0.05) is 0 Å². The van der Waals surface area contributed by atoms with Crippen molar-refractivity contribution in [3.8, 4) is 0 Å². The molecule has 2 aromatic carbocycles. The molecule has 0 radical (unpaired) electrons. The van der Waals surface area contributed by atoms with Gasteiger partial charge < -0.3 is 13.8 Å². The number of hydrogen-bond donors (Lipinski definition) is 0. The van der Waals surface area contributed by atoms with Gasteiger partial charge in [-0.1, -0.05) is 29.8 Å². The number of nitrogens with zero attached hydrogens (tertiary/aromatic N) is 1. The Bertz CT molecular complexity index is 1050. The Hall–Kier alpha value is -2.31. The molecule has 33 heavy (non-hydrogen) atoms. The second-order valence-electron chi connectivity index (χ2n) is 8.44. The van der Waals surface area contributed by atoms with Crippen LogP contribution in [-0.2, 0) is 25.0 Å². The highest BCUT2D eigenvalue weighted by Gasteiger charge is 2.51. The van der Waals surface area contributed by atoms with Crippen LogP contribution in [-0.4, -0.2) is 41.8 Å². The Labute approximate surface area is 195 Å². The number of ether oxygens (including phenoxy) is 1. The molecule has 0 spiro atoms. The van der Waals surface area contributed by atoms with Crippen molar-refractivity contribution in [3.63, 3.8) is 0 Å². The molecule has 1 heterocycles. The van der Waals surface area contributed by atoms with Crippen LogP contribution >= 0.6 is 7.60 Å². The van der Waals surface area contributed by atoms with Crippen LogP contribution in [0.4, 0.5) is 0 Å². The lowest BCUT2D eigenvalue weighted by Gasteiger charge is -2.39. The van der Waals surface area contributed by atoms with Crippen molar-refractivity contribution in [1.82, 2.24) is 4.90 Å². The van der Waals surface area contributed by atoms with Crippen molar-refractivity contribution < 1.29 is 27.9 Å². The van der Waals surface area contributed by atoms with E-state index < -0.39 is 25.1 Å². The highest BCUT2D eigenvalue weighted by molar-refractivity contribution is 7.53. The van der Waals surface area contributed by atoms with Crippen molar-refractivity contribution in [2.45, 2.75) is 53.9 Å². The molecule has 1 aliphatic rings. The van der Waals surface area contributed by atoms with Gasteiger partial charge in [-0.25, -0.2) is 4.90 Å². The molecule has 1 unspecified atom stereocenters. The molecular formula is C25H32NO6P. The topological polar surface area (TPSA) is 82.1 Å². The van der Waals surface area contributed by atoms with Gasteiger partial charge in [0.1, 0.15) is 0 Å². The quantitative estimate of drug-likeness (QED) is 0.339. The first-order valence-corrected chi connectivity index (χ1v) is 12.8. The average molecular weight is 474 g/mol. The van der Waals surface area contributed by atoms with Crippen LogP contribution in [0.1, 0.15) is 63.7 Å². The number of imide groups is 1. The molecule has 0 saturated carbocycles. The number of benzene rings is 2. The van der Waals surface area contributed by atoms with Crippen LogP contribution in [0.5, 0.6) is 0 Å². The second-order valence-corrected chi connectivity index (χ2v) is 10.5. The van der Waals surface area contributed by atoms with E-state index >= 15 is 0 Å². The van der Waals surface area contributed by atoms with E-state index in [2.05, 4.69) is 12.1 Å². The zero-order chi connectivity index (χ0) is 24.4. The first-order valence-electron chi connectivity index (χ1n) is 11.1. The first kappa shape index (κ1) is 25.3. The van der Waals surface area contributed by atoms with E-state index in [1.807, 2.05) is 20.8 Å². The van der Waals surface area contributed by atoms with Gasteiger partial charge in [0.25, 0.3) is 11.8 Å². The SMILES string of the molecule is CCOP(=O)(CC(C)(OCc1c(C)cc(C)cc1C)N1C(=O)c2ccccc2C1=O)OCC. The maximum absolute atomic E-state index is 13.5. The fourth-order valence-electron chi connectivity index (χ4n) is 4.35. The summed E-state index contributed by atoms with van der Waals surface area (Å²) < 4.78 is 30.8. The molecule has 0 aliphatic carbocycles. The van der Waals surface area contributed by atoms with Crippen LogP contribution in [0.2, 0.25) is 0 Å². The van der Waals surface area contributed by atoms with Crippen molar-refractivity contribution in [2.75, 3.05) is 19.4 Å². The maximum Gasteiger partial charge on any atom is 0.335 e. The summed E-state index contributed by atoms with van der Waals surface area (Å²) in [6, 6.07) is 10.7. The van der Waals surface area contributed by atoms with Crippen LogP contribution in [0.3, 0.4) is 0 Å². The first-order chi connectivity index (χ1) is 15.5. The average Bonchev–Trinajstić information content (AvgIpc) is 2.98. The summed E-state index contributed by atoms with van der Waals surface area (Å²) in [6.07, 6.45) is -0.281. The molecule has 178 valence electrons. The second kappa shape index (κ2) is 9.90. The zero-order valence-electron chi connectivity index (χ0n) is 20.1. The van der Waals surface area contributed by atoms with E-state index in [4.69, 9.17) is 13.8 Å². The predicted molar refractivity (Wildman–Crippen MR) is 127 cm³/mol. The minimum atomic E-state index is -3.67. The standard InChI is InChI=1S/C25H32NO6P/c1-7-31-33(29,32-8-2)16-25(6,30-15-22-18(4)13-17(3)14-19(22)5)26-23(27)20-11-9-10-12-21(20)24(26)28/h9-14H,7-8,15-16H2,1-6H3. The predicted octanol–water partition coefficient (Wildman–Crippen LogP) is 5.41. The third-order valence-corrected chi connectivity index (χ3v) is 8.05. The molecule has 1 aliphatic heterocycles. The fourth-order valence-corrected chi connectivity index (χ4v) is 6.34. The minimum Gasteiger partial charge on any atom is -0.350 e. The third kappa shape index (κ3) is 5.12. The lowest BCUT2D eigenvalue weighted by Crippen LogP contribution is -2.54. The van der Waals surface area contributed by atoms with Crippen molar-refractivity contribution in [2.24, 2.45) is 0 Å². The van der Waals surface area contributed by atoms with E-state index in [1.165, 1.54) is 0 Å². The van der Waals surface area contributed by atoms with Crippen molar-refractivity contribution >= 4 is 19.4 Å². The number of rotatable bonds is 10. The largest absolute Gasteiger partial charge is 0.350 e. The van der Waals surface area contributed by atoms with Gasteiger partial charge >= 0.3 is 7.60 Å². The van der Waals surface area contributed by atoms with Crippen molar-refractivity contribution in [1.29, 1.82) is 0 Å². The van der Waals surface area contributed by atoms with Gasteiger partial charge in [-0.3, -0.25) is 14.2 Å². The Morgan fingerprint density at radius 2 is 1.39 bits per heavy atom. The van der Waals surface area contributed by atoms with Crippen LogP contribution in [0, 0.1) is 20.8 Å². The summed E-state index contributed by atoms with van der Waals surface area (Å²) in [5, 5.41) is 0. The molecule has 0 saturated heterocycles. The number of carbonyl (C=O) groups excluding carboxylic acids is 2. The summed E-state index contributed by atoms with van der Waals surface area (Å²) in [6.45, 7) is 11.5. The van der Waals surface area contributed by atoms with Gasteiger partial charge in [-0.05, 0) is 70.4 Å². The summed E-state index contributed by atoms with van der Waals surface area (Å²) in [5.41, 5.74) is 3.19. The van der Waals surface area contributed by atoms with Gasteiger partial charge in [-0.15, -0.1) is 0 Å². The van der Waals surface area contributed by atoms with E-state index in [1.54, 1.807) is 45.0 Å². The smallest absolute Gasteiger partial charge is 0.335 e. The monoisotopic (exact) mass is 473 g/mol. The number of fused-ring (bicyclic) bond motifs is 1. The summed E-state index contributed by atoms with van der Waals surface area (Å²) in [4.78, 5) is 27.7. The zero-order valence-corrected chi connectivity index (χ0v) is 21.0. The number of hydrogen-bond acceptors (Lipinski definition) is 6. The normalized spacial score (nSPS) is 15.6. The van der Waals surface area contributed by atoms with E-state index in [9.17, 15) is 14.2 Å². The fraction of sp³-hybridized carbons (Fsp3) is 0.440. The minimum absolute atomic E-state index is 0.125. The third-order valence-electron chi connectivity index (χ3n) is 5.77. The number of aryl methyl sites for hydroxylation is 3. The van der Waals surface area contributed by atoms with Gasteiger partial charge in [-0.2, -0.15) is 0 Å². The van der Waals surface area contributed by atoms with Crippen molar-refractivity contribution in [3.05, 3.63) is 69.8 Å². The molecule has 7 nitrogen and oxygen atoms in total. The summed E-state index contributed by atoms with van der Waals surface area (Å²) in [7, 11) is -3.67. The highest BCUT2D eigenvalue weighted by atomic mass is 31.2. The number of amides is 2. The molecule has 2 aromatic rings. The van der Waals surface area contributed by atoms with Gasteiger partial charge in [0.2, 0.25) is 0 Å². The molecule has 1 atom stereocenters. The van der Waals surface area contributed by atoms with E-state index in [-0.39, 0.29) is 26.0 Å². The molecule has 0 N–H and O–H groups in total. The molecular weight excluding hydrogens is 441 g/mol. The Kier molecular flexibility index (Phi) is 7.59. The van der Waals surface area contributed by atoms with Gasteiger partial charge in [0.05, 0.1) is 37.1 Å². The molecule has 0 fully saturated rings. The lowest BCUT2D eigenvalue weighted by atomic mass is 10.0. The van der Waals surface area contributed by atoms with Crippen LogP contribution < -0.4 is 0 Å². The summed E-state index contributed by atoms with van der Waals surface area (Å²) in [5.74, 6) is -0.981. The van der Waals surface area contributed by atoms with E-state index in [0.29, 0.717) is 11.1 Å². The molecule has 3 rings (SSSR count). The molecule has 2 amide bonds. The summed E-state index contributed by atoms with van der Waals surface area (Å²) >= 11 is 0. The molecule has 0 bridgehead atoms. The maximum atomic E-state index is 13.5. The van der Waals surface area contributed by atoms with Crippen LogP contribution in [0.15, 0.2) is 36.4 Å². The number of carbonyl (C=O) groups is 2. The van der Waals surface area contributed by atoms with Crippen LogP contribution in [0.25, 0.3) is 0 Å². The molecule has 0 aromatic heterocycles. The highest BCUT2D eigenvalue weighted by Crippen LogP contribution is 2.52. The van der Waals surface area contributed by atoms with E-state index in [0.717, 1.165) is 27.2 Å². The Balaban J connectivity index is 2.03.